The SMILES string of the molecule is CC(C)C[C@H](NC(=O)OC(c1ccccc1)C(F)(F)c1cccc(Cl)c1)C(=O)N[C@@H](C[C@@H]1CCNC1=O)C(=O)C(N)=O. The normalized spacial score (nSPS) is 17.1. The lowest BCUT2D eigenvalue weighted by atomic mass is 9.94. The number of nitrogens with two attached hydrogens (primary N) is 1. The molecule has 0 aromatic heterocycles. The van der Waals surface area contributed by atoms with Gasteiger partial charge in [-0.3, -0.25) is 19.2 Å². The van der Waals surface area contributed by atoms with Crippen LogP contribution in [-0.2, 0) is 29.8 Å². The third kappa shape index (κ3) is 8.48. The number of amides is 4. The molecule has 3 rings (SSSR count). The van der Waals surface area contributed by atoms with E-state index in [9.17, 15) is 24.0 Å². The number of carbonyl (C=O) groups excluding carboxylic acids is 5. The van der Waals surface area contributed by atoms with Crippen LogP contribution in [0.25, 0.3) is 0 Å². The first-order valence-corrected chi connectivity index (χ1v) is 13.7. The van der Waals surface area contributed by atoms with Gasteiger partial charge >= 0.3 is 12.0 Å². The van der Waals surface area contributed by atoms with Crippen molar-refractivity contribution in [2.45, 2.75) is 57.2 Å². The zero-order valence-electron chi connectivity index (χ0n) is 23.1. The van der Waals surface area contributed by atoms with Crippen LogP contribution in [0.3, 0.4) is 0 Å². The number of carbonyl (C=O) groups is 5. The highest BCUT2D eigenvalue weighted by Crippen LogP contribution is 2.43. The fourth-order valence-corrected chi connectivity index (χ4v) is 4.83. The van der Waals surface area contributed by atoms with E-state index in [0.717, 1.165) is 12.1 Å². The summed E-state index contributed by atoms with van der Waals surface area (Å²) >= 11 is 5.93. The van der Waals surface area contributed by atoms with E-state index in [0.29, 0.717) is 13.0 Å². The van der Waals surface area contributed by atoms with Gasteiger partial charge in [0.1, 0.15) is 6.04 Å². The first-order chi connectivity index (χ1) is 19.8. The van der Waals surface area contributed by atoms with Crippen molar-refractivity contribution in [3.05, 3.63) is 70.7 Å². The molecule has 1 unspecified atom stereocenters. The second-order valence-corrected chi connectivity index (χ2v) is 10.9. The summed E-state index contributed by atoms with van der Waals surface area (Å²) in [4.78, 5) is 62.5. The van der Waals surface area contributed by atoms with Gasteiger partial charge in [0.15, 0.2) is 6.10 Å². The Morgan fingerprint density at radius 1 is 1.07 bits per heavy atom. The van der Waals surface area contributed by atoms with Crippen LogP contribution in [0.4, 0.5) is 13.6 Å². The Hall–Kier alpha value is -4.06. The van der Waals surface area contributed by atoms with Gasteiger partial charge in [0.2, 0.25) is 17.6 Å². The van der Waals surface area contributed by atoms with E-state index in [-0.39, 0.29) is 35.3 Å². The van der Waals surface area contributed by atoms with Crippen LogP contribution in [0.1, 0.15) is 50.3 Å². The standard InChI is InChI=1S/C29H33ClF2N4O6/c1-16(2)13-22(27(40)35-21(23(37)25(33)38)14-18-11-12-34-26(18)39)36-28(41)42-24(17-7-4-3-5-8-17)29(31,32)19-9-6-10-20(30)15-19/h3-10,15-16,18,21-22,24H,11-14H2,1-2H3,(H2,33,38)(H,34,39)(H,35,40)(H,36,41)/t18-,21-,22-,24?/m0/s1. The summed E-state index contributed by atoms with van der Waals surface area (Å²) in [6.07, 6.45) is -3.17. The van der Waals surface area contributed by atoms with E-state index in [1.54, 1.807) is 19.9 Å². The number of hydrogen-bond acceptors (Lipinski definition) is 6. The molecule has 2 aromatic carbocycles. The van der Waals surface area contributed by atoms with Gasteiger partial charge in [-0.1, -0.05) is 67.9 Å². The van der Waals surface area contributed by atoms with Crippen LogP contribution in [0.15, 0.2) is 54.6 Å². The maximum absolute atomic E-state index is 15.8. The monoisotopic (exact) mass is 606 g/mol. The van der Waals surface area contributed by atoms with E-state index < -0.39 is 59.3 Å². The summed E-state index contributed by atoms with van der Waals surface area (Å²) in [6.45, 7) is 3.88. The Balaban J connectivity index is 1.83. The molecule has 0 saturated carbocycles. The van der Waals surface area contributed by atoms with Gasteiger partial charge in [0.25, 0.3) is 5.91 Å². The van der Waals surface area contributed by atoms with Crippen molar-refractivity contribution in [3.63, 3.8) is 0 Å². The topological polar surface area (TPSA) is 157 Å². The minimum absolute atomic E-state index is 0.00977. The van der Waals surface area contributed by atoms with Crippen LogP contribution in [-0.4, -0.2) is 48.2 Å². The minimum Gasteiger partial charge on any atom is -0.434 e. The van der Waals surface area contributed by atoms with Crippen molar-refractivity contribution in [1.29, 1.82) is 0 Å². The summed E-state index contributed by atoms with van der Waals surface area (Å²) in [5.74, 6) is -8.17. The number of ketones is 1. The van der Waals surface area contributed by atoms with Gasteiger partial charge in [-0.05, 0) is 42.9 Å². The Labute approximate surface area is 246 Å². The molecule has 0 spiro atoms. The summed E-state index contributed by atoms with van der Waals surface area (Å²) in [7, 11) is 0. The van der Waals surface area contributed by atoms with Gasteiger partial charge in [0, 0.05) is 23.0 Å². The average Bonchev–Trinajstić information content (AvgIpc) is 3.34. The molecule has 4 amide bonds. The van der Waals surface area contributed by atoms with E-state index in [4.69, 9.17) is 22.1 Å². The van der Waals surface area contributed by atoms with Crippen molar-refractivity contribution in [3.8, 4) is 0 Å². The third-order valence-electron chi connectivity index (χ3n) is 6.74. The van der Waals surface area contributed by atoms with Gasteiger partial charge in [-0.25, -0.2) is 4.79 Å². The Kier molecular flexibility index (Phi) is 11.0. The second-order valence-electron chi connectivity index (χ2n) is 10.5. The lowest BCUT2D eigenvalue weighted by Crippen LogP contribution is -2.54. The highest BCUT2D eigenvalue weighted by molar-refractivity contribution is 6.38. The zero-order chi connectivity index (χ0) is 31.0. The quantitative estimate of drug-likeness (QED) is 0.256. The molecule has 0 aliphatic carbocycles. The second kappa shape index (κ2) is 14.2. The zero-order valence-corrected chi connectivity index (χ0v) is 23.8. The van der Waals surface area contributed by atoms with Crippen LogP contribution >= 0.6 is 11.6 Å². The fourth-order valence-electron chi connectivity index (χ4n) is 4.64. The largest absolute Gasteiger partial charge is 0.434 e. The molecule has 226 valence electrons. The highest BCUT2D eigenvalue weighted by Gasteiger charge is 2.46. The van der Waals surface area contributed by atoms with Crippen LogP contribution in [0.2, 0.25) is 5.02 Å². The molecule has 1 aliphatic heterocycles. The molecule has 1 heterocycles. The molecule has 42 heavy (non-hydrogen) atoms. The molecular formula is C29H33ClF2N4O6. The predicted octanol–water partition coefficient (Wildman–Crippen LogP) is 3.38. The van der Waals surface area contributed by atoms with Crippen molar-refractivity contribution < 1.29 is 37.5 Å². The summed E-state index contributed by atoms with van der Waals surface area (Å²) in [6, 6.07) is 9.58. The fraction of sp³-hybridized carbons (Fsp3) is 0.414. The maximum atomic E-state index is 15.8. The number of halogens is 3. The van der Waals surface area contributed by atoms with Crippen LogP contribution in [0, 0.1) is 11.8 Å². The third-order valence-corrected chi connectivity index (χ3v) is 6.98. The van der Waals surface area contributed by atoms with Gasteiger partial charge in [-0.15, -0.1) is 0 Å². The molecule has 10 nitrogen and oxygen atoms in total. The molecule has 13 heteroatoms. The smallest absolute Gasteiger partial charge is 0.408 e. The van der Waals surface area contributed by atoms with Gasteiger partial charge in [-0.2, -0.15) is 8.78 Å². The van der Waals surface area contributed by atoms with Crippen molar-refractivity contribution >= 4 is 41.2 Å². The molecule has 1 fully saturated rings. The molecule has 1 saturated heterocycles. The molecular weight excluding hydrogens is 574 g/mol. The summed E-state index contributed by atoms with van der Waals surface area (Å²) < 4.78 is 36.8. The van der Waals surface area contributed by atoms with Crippen LogP contribution < -0.4 is 21.7 Å². The lowest BCUT2D eigenvalue weighted by molar-refractivity contribution is -0.139. The number of nitrogens with one attached hydrogen (secondary N) is 3. The van der Waals surface area contributed by atoms with Crippen molar-refractivity contribution in [2.24, 2.45) is 17.6 Å². The van der Waals surface area contributed by atoms with Crippen molar-refractivity contribution in [1.82, 2.24) is 16.0 Å². The molecule has 2 aromatic rings. The number of primary amides is 1. The average molecular weight is 607 g/mol. The summed E-state index contributed by atoms with van der Waals surface area (Å²) in [5.41, 5.74) is 4.66. The molecule has 4 atom stereocenters. The molecule has 0 radical (unpaired) electrons. The van der Waals surface area contributed by atoms with Gasteiger partial charge in [0.05, 0.1) is 6.04 Å². The Bertz CT molecular complexity index is 1310. The number of hydrogen-bond donors (Lipinski definition) is 4. The lowest BCUT2D eigenvalue weighted by Gasteiger charge is -2.29. The first-order valence-electron chi connectivity index (χ1n) is 13.4. The van der Waals surface area contributed by atoms with Gasteiger partial charge < -0.3 is 26.4 Å². The first kappa shape index (κ1) is 32.5. The molecule has 1 aliphatic rings. The highest BCUT2D eigenvalue weighted by atomic mass is 35.5. The summed E-state index contributed by atoms with van der Waals surface area (Å²) in [5, 5.41) is 7.39. The molecule has 0 bridgehead atoms. The van der Waals surface area contributed by atoms with E-state index in [1.165, 1.54) is 36.4 Å². The Morgan fingerprint density at radius 2 is 1.76 bits per heavy atom. The number of ether oxygens (including phenoxy) is 1. The minimum atomic E-state index is -3.72. The van der Waals surface area contributed by atoms with Crippen LogP contribution in [0.5, 0.6) is 0 Å². The number of Topliss-reactive ketones (excluding diaryl/α,β-unsaturated/α-hetero) is 1. The maximum Gasteiger partial charge on any atom is 0.408 e. The number of benzene rings is 2. The van der Waals surface area contributed by atoms with E-state index in [1.807, 2.05) is 0 Å². The van der Waals surface area contributed by atoms with E-state index >= 15 is 8.78 Å². The number of alkyl halides is 2. The van der Waals surface area contributed by atoms with E-state index in [2.05, 4.69) is 16.0 Å². The van der Waals surface area contributed by atoms with Crippen molar-refractivity contribution in [2.75, 3.05) is 6.54 Å². The Morgan fingerprint density at radius 3 is 2.33 bits per heavy atom. The number of alkyl carbamates (subject to hydrolysis) is 1. The molecule has 5 N–H and O–H groups in total. The number of rotatable bonds is 13. The predicted molar refractivity (Wildman–Crippen MR) is 149 cm³/mol.